The number of benzene rings is 1. The van der Waals surface area contributed by atoms with Crippen LogP contribution < -0.4 is 14.8 Å². The van der Waals surface area contributed by atoms with Crippen LogP contribution in [0.25, 0.3) is 0 Å². The molecule has 0 aliphatic carbocycles. The molecule has 0 saturated heterocycles. The van der Waals surface area contributed by atoms with Crippen LogP contribution in [0.3, 0.4) is 0 Å². The molecule has 2 aromatic rings. The van der Waals surface area contributed by atoms with Crippen molar-refractivity contribution in [2.45, 2.75) is 6.92 Å². The predicted molar refractivity (Wildman–Crippen MR) is 68.6 cm³/mol. The van der Waals surface area contributed by atoms with Crippen molar-refractivity contribution >= 4 is 11.9 Å². The van der Waals surface area contributed by atoms with Gasteiger partial charge in [-0.25, -0.2) is 0 Å². The highest BCUT2D eigenvalue weighted by atomic mass is 16.5. The van der Waals surface area contributed by atoms with Crippen molar-refractivity contribution in [1.82, 2.24) is 15.2 Å². The van der Waals surface area contributed by atoms with Crippen molar-refractivity contribution in [2.75, 3.05) is 19.5 Å². The zero-order valence-electron chi connectivity index (χ0n) is 10.9. The Labute approximate surface area is 110 Å². The van der Waals surface area contributed by atoms with Gasteiger partial charge in [-0.1, -0.05) is 0 Å². The summed E-state index contributed by atoms with van der Waals surface area (Å²) >= 11 is 0. The number of methoxy groups -OCH3 is 2. The fourth-order valence-corrected chi connectivity index (χ4v) is 1.55. The molecule has 19 heavy (non-hydrogen) atoms. The summed E-state index contributed by atoms with van der Waals surface area (Å²) in [5, 5.41) is 9.06. The average Bonchev–Trinajstić information content (AvgIpc) is 2.83. The highest BCUT2D eigenvalue weighted by Gasteiger charge is 2.12. The van der Waals surface area contributed by atoms with Crippen molar-refractivity contribution in [3.05, 3.63) is 29.6 Å². The molecule has 0 saturated carbocycles. The number of hydrogen-bond donors (Lipinski definition) is 2. The highest BCUT2D eigenvalue weighted by Crippen LogP contribution is 2.27. The van der Waals surface area contributed by atoms with Crippen molar-refractivity contribution in [2.24, 2.45) is 0 Å². The minimum Gasteiger partial charge on any atom is -0.493 e. The SMILES string of the molecule is COc1ccc(C(=O)Nc2n[nH]c(C)n2)cc1OC. The van der Waals surface area contributed by atoms with Gasteiger partial charge in [0.2, 0.25) is 5.95 Å². The van der Waals surface area contributed by atoms with Crippen molar-refractivity contribution < 1.29 is 14.3 Å². The number of hydrogen-bond acceptors (Lipinski definition) is 5. The third-order valence-electron chi connectivity index (χ3n) is 2.47. The lowest BCUT2D eigenvalue weighted by molar-refractivity contribution is 0.102. The first-order valence-corrected chi connectivity index (χ1v) is 5.56. The van der Waals surface area contributed by atoms with E-state index in [-0.39, 0.29) is 11.9 Å². The van der Waals surface area contributed by atoms with E-state index in [9.17, 15) is 4.79 Å². The van der Waals surface area contributed by atoms with E-state index in [1.807, 2.05) is 0 Å². The number of carbonyl (C=O) groups excluding carboxylic acids is 1. The second kappa shape index (κ2) is 5.38. The number of nitrogens with one attached hydrogen (secondary N) is 2. The van der Waals surface area contributed by atoms with E-state index in [2.05, 4.69) is 20.5 Å². The smallest absolute Gasteiger partial charge is 0.258 e. The van der Waals surface area contributed by atoms with E-state index in [1.54, 1.807) is 25.1 Å². The Morgan fingerprint density at radius 2 is 2.00 bits per heavy atom. The Morgan fingerprint density at radius 1 is 1.26 bits per heavy atom. The molecule has 0 fully saturated rings. The zero-order chi connectivity index (χ0) is 13.8. The number of rotatable bonds is 4. The van der Waals surface area contributed by atoms with Crippen LogP contribution in [-0.4, -0.2) is 35.3 Å². The van der Waals surface area contributed by atoms with Gasteiger partial charge in [0.15, 0.2) is 11.5 Å². The Morgan fingerprint density at radius 3 is 2.58 bits per heavy atom. The Balaban J connectivity index is 2.19. The van der Waals surface area contributed by atoms with E-state index in [0.29, 0.717) is 22.9 Å². The number of aryl methyl sites for hydroxylation is 1. The normalized spacial score (nSPS) is 10.1. The summed E-state index contributed by atoms with van der Waals surface area (Å²) in [5.41, 5.74) is 0.431. The van der Waals surface area contributed by atoms with Gasteiger partial charge in [0.25, 0.3) is 5.91 Å². The summed E-state index contributed by atoms with van der Waals surface area (Å²) in [6.07, 6.45) is 0. The number of H-pyrrole nitrogens is 1. The third kappa shape index (κ3) is 2.82. The summed E-state index contributed by atoms with van der Waals surface area (Å²) in [6.45, 7) is 1.75. The van der Waals surface area contributed by atoms with E-state index < -0.39 is 0 Å². The van der Waals surface area contributed by atoms with Crippen molar-refractivity contribution in [3.8, 4) is 11.5 Å². The average molecular weight is 262 g/mol. The Hall–Kier alpha value is -2.57. The largest absolute Gasteiger partial charge is 0.493 e. The van der Waals surface area contributed by atoms with Crippen LogP contribution in [0.2, 0.25) is 0 Å². The molecule has 2 rings (SSSR count). The summed E-state index contributed by atoms with van der Waals surface area (Å²) in [6, 6.07) is 4.89. The molecule has 7 heteroatoms. The number of nitrogens with zero attached hydrogens (tertiary/aromatic N) is 2. The lowest BCUT2D eigenvalue weighted by Crippen LogP contribution is -2.13. The van der Waals surface area contributed by atoms with E-state index >= 15 is 0 Å². The first-order chi connectivity index (χ1) is 9.13. The fraction of sp³-hybridized carbons (Fsp3) is 0.250. The predicted octanol–water partition coefficient (Wildman–Crippen LogP) is 1.38. The van der Waals surface area contributed by atoms with E-state index in [1.165, 1.54) is 14.2 Å². The molecule has 7 nitrogen and oxygen atoms in total. The van der Waals surface area contributed by atoms with Gasteiger partial charge in [-0.15, -0.1) is 5.10 Å². The number of aromatic amines is 1. The highest BCUT2D eigenvalue weighted by molar-refractivity contribution is 6.03. The number of anilines is 1. The van der Waals surface area contributed by atoms with Gasteiger partial charge in [-0.2, -0.15) is 4.98 Å². The Kier molecular flexibility index (Phi) is 3.65. The molecule has 2 N–H and O–H groups in total. The Bertz CT molecular complexity index is 594. The van der Waals surface area contributed by atoms with Crippen LogP contribution in [0, 0.1) is 6.92 Å². The van der Waals surface area contributed by atoms with Crippen LogP contribution in [0.1, 0.15) is 16.2 Å². The number of ether oxygens (including phenoxy) is 2. The van der Waals surface area contributed by atoms with Gasteiger partial charge in [0, 0.05) is 5.56 Å². The lowest BCUT2D eigenvalue weighted by atomic mass is 10.2. The lowest BCUT2D eigenvalue weighted by Gasteiger charge is -2.08. The molecule has 1 aromatic heterocycles. The second-order valence-electron chi connectivity index (χ2n) is 3.77. The van der Waals surface area contributed by atoms with Gasteiger partial charge in [-0.05, 0) is 25.1 Å². The van der Waals surface area contributed by atoms with Gasteiger partial charge in [-0.3, -0.25) is 15.2 Å². The maximum Gasteiger partial charge on any atom is 0.258 e. The summed E-state index contributed by atoms with van der Waals surface area (Å²) < 4.78 is 10.2. The van der Waals surface area contributed by atoms with E-state index in [0.717, 1.165) is 0 Å². The van der Waals surface area contributed by atoms with Crippen LogP contribution in [-0.2, 0) is 0 Å². The number of aromatic nitrogens is 3. The zero-order valence-corrected chi connectivity index (χ0v) is 10.9. The summed E-state index contributed by atoms with van der Waals surface area (Å²) in [5.74, 6) is 1.59. The molecule has 0 bridgehead atoms. The monoisotopic (exact) mass is 262 g/mol. The van der Waals surface area contributed by atoms with Crippen LogP contribution in [0.5, 0.6) is 11.5 Å². The van der Waals surface area contributed by atoms with Gasteiger partial charge >= 0.3 is 0 Å². The third-order valence-corrected chi connectivity index (χ3v) is 2.47. The second-order valence-corrected chi connectivity index (χ2v) is 3.77. The molecule has 0 unspecified atom stereocenters. The first kappa shape index (κ1) is 12.9. The molecule has 0 aliphatic heterocycles. The molecule has 0 radical (unpaired) electrons. The molecule has 1 aromatic carbocycles. The topological polar surface area (TPSA) is 89.1 Å². The van der Waals surface area contributed by atoms with Gasteiger partial charge in [0.05, 0.1) is 14.2 Å². The van der Waals surface area contributed by atoms with Crippen molar-refractivity contribution in [1.29, 1.82) is 0 Å². The van der Waals surface area contributed by atoms with Gasteiger partial charge in [0.1, 0.15) is 5.82 Å². The minimum absolute atomic E-state index is 0.234. The first-order valence-electron chi connectivity index (χ1n) is 5.56. The maximum absolute atomic E-state index is 12.0. The fourth-order valence-electron chi connectivity index (χ4n) is 1.55. The van der Waals surface area contributed by atoms with Gasteiger partial charge < -0.3 is 9.47 Å². The maximum atomic E-state index is 12.0. The molecular formula is C12H14N4O3. The van der Waals surface area contributed by atoms with Crippen molar-refractivity contribution in [3.63, 3.8) is 0 Å². The summed E-state index contributed by atoms with van der Waals surface area (Å²) in [7, 11) is 3.05. The molecule has 1 amide bonds. The van der Waals surface area contributed by atoms with E-state index in [4.69, 9.17) is 9.47 Å². The number of amides is 1. The number of carbonyl (C=O) groups is 1. The summed E-state index contributed by atoms with van der Waals surface area (Å²) in [4.78, 5) is 16.0. The molecule has 0 spiro atoms. The van der Waals surface area contributed by atoms with Crippen LogP contribution in [0.4, 0.5) is 5.95 Å². The quantitative estimate of drug-likeness (QED) is 0.869. The molecule has 0 aliphatic rings. The van der Waals surface area contributed by atoms with Crippen LogP contribution >= 0.6 is 0 Å². The molecular weight excluding hydrogens is 248 g/mol. The molecule has 1 heterocycles. The standard InChI is InChI=1S/C12H14N4O3/c1-7-13-12(16-15-7)14-11(17)8-4-5-9(18-2)10(6-8)19-3/h4-6H,1-3H3,(H2,13,14,15,16,17). The molecule has 100 valence electrons. The molecule has 0 atom stereocenters. The minimum atomic E-state index is -0.319. The van der Waals surface area contributed by atoms with Crippen LogP contribution in [0.15, 0.2) is 18.2 Å².